The van der Waals surface area contributed by atoms with Crippen LogP contribution in [-0.2, 0) is 5.60 Å². The van der Waals surface area contributed by atoms with Crippen LogP contribution in [0.4, 0.5) is 0 Å². The second kappa shape index (κ2) is 2.92. The van der Waals surface area contributed by atoms with E-state index in [0.29, 0.717) is 11.5 Å². The summed E-state index contributed by atoms with van der Waals surface area (Å²) in [6.07, 6.45) is 6.70. The van der Waals surface area contributed by atoms with E-state index in [1.165, 1.54) is 6.92 Å². The average Bonchev–Trinajstić information content (AvgIpc) is 2.05. The molecular formula is C9H10N2O. The van der Waals surface area contributed by atoms with E-state index in [2.05, 4.69) is 15.9 Å². The molecule has 0 aliphatic heterocycles. The van der Waals surface area contributed by atoms with E-state index in [4.69, 9.17) is 6.42 Å². The number of hydrogen-bond acceptors (Lipinski definition) is 3. The molecule has 1 heterocycles. The Morgan fingerprint density at radius 1 is 1.67 bits per heavy atom. The van der Waals surface area contributed by atoms with Crippen molar-refractivity contribution in [3.63, 3.8) is 0 Å². The molecule has 0 saturated heterocycles. The molecule has 0 saturated carbocycles. The maximum Gasteiger partial charge on any atom is 0.164 e. The van der Waals surface area contributed by atoms with E-state index < -0.39 is 5.60 Å². The van der Waals surface area contributed by atoms with Crippen molar-refractivity contribution in [2.75, 3.05) is 0 Å². The summed E-state index contributed by atoms with van der Waals surface area (Å²) in [6, 6.07) is 1.60. The molecule has 0 spiro atoms. The molecule has 1 rings (SSSR count). The summed E-state index contributed by atoms with van der Waals surface area (Å²) in [4.78, 5) is 7.91. The van der Waals surface area contributed by atoms with Crippen LogP contribution in [0.1, 0.15) is 18.4 Å². The van der Waals surface area contributed by atoms with Gasteiger partial charge in [-0.15, -0.1) is 6.42 Å². The molecule has 1 atom stereocenters. The second-order valence-corrected chi connectivity index (χ2v) is 2.71. The molecular weight excluding hydrogens is 152 g/mol. The van der Waals surface area contributed by atoms with Gasteiger partial charge < -0.3 is 5.11 Å². The number of aryl methyl sites for hydroxylation is 1. The highest BCUT2D eigenvalue weighted by Crippen LogP contribution is 2.15. The molecule has 0 aromatic carbocycles. The summed E-state index contributed by atoms with van der Waals surface area (Å²) in [6.45, 7) is 3.27. The van der Waals surface area contributed by atoms with Gasteiger partial charge in [0.15, 0.2) is 5.60 Å². The van der Waals surface area contributed by atoms with Crippen molar-refractivity contribution in [3.05, 3.63) is 23.8 Å². The van der Waals surface area contributed by atoms with Gasteiger partial charge in [-0.2, -0.15) is 0 Å². The van der Waals surface area contributed by atoms with Gasteiger partial charge in [0.1, 0.15) is 5.82 Å². The first kappa shape index (κ1) is 8.69. The van der Waals surface area contributed by atoms with Gasteiger partial charge in [-0.25, -0.2) is 9.97 Å². The van der Waals surface area contributed by atoms with Gasteiger partial charge in [0, 0.05) is 6.20 Å². The normalized spacial score (nSPS) is 14.8. The summed E-state index contributed by atoms with van der Waals surface area (Å²) >= 11 is 0. The molecule has 0 aliphatic carbocycles. The van der Waals surface area contributed by atoms with Crippen LogP contribution in [0.25, 0.3) is 0 Å². The van der Waals surface area contributed by atoms with E-state index in [1.54, 1.807) is 19.2 Å². The molecule has 0 radical (unpaired) electrons. The van der Waals surface area contributed by atoms with E-state index in [1.807, 2.05) is 0 Å². The smallest absolute Gasteiger partial charge is 0.164 e. The maximum absolute atomic E-state index is 9.59. The third-order valence-electron chi connectivity index (χ3n) is 1.56. The molecule has 3 nitrogen and oxygen atoms in total. The Hall–Kier alpha value is -1.40. The molecule has 12 heavy (non-hydrogen) atoms. The first-order chi connectivity index (χ1) is 5.56. The Bertz CT molecular complexity index is 326. The SMILES string of the molecule is C#C[C@@](C)(O)c1ccnc(C)n1. The average molecular weight is 162 g/mol. The predicted octanol–water partition coefficient (Wildman–Crippen LogP) is 0.626. The van der Waals surface area contributed by atoms with Crippen molar-refractivity contribution in [2.45, 2.75) is 19.4 Å². The maximum atomic E-state index is 9.59. The highest BCUT2D eigenvalue weighted by molar-refractivity contribution is 5.21. The molecule has 0 unspecified atom stereocenters. The summed E-state index contributed by atoms with van der Waals surface area (Å²) in [5, 5.41) is 9.59. The molecule has 0 aliphatic rings. The molecule has 1 aromatic heterocycles. The Labute approximate surface area is 71.5 Å². The van der Waals surface area contributed by atoms with Gasteiger partial charge in [-0.1, -0.05) is 5.92 Å². The largest absolute Gasteiger partial charge is 0.372 e. The van der Waals surface area contributed by atoms with Crippen molar-refractivity contribution in [3.8, 4) is 12.3 Å². The van der Waals surface area contributed by atoms with Gasteiger partial charge in [0.05, 0.1) is 5.69 Å². The highest BCUT2D eigenvalue weighted by atomic mass is 16.3. The topological polar surface area (TPSA) is 46.0 Å². The number of aliphatic hydroxyl groups is 1. The highest BCUT2D eigenvalue weighted by Gasteiger charge is 2.21. The van der Waals surface area contributed by atoms with Crippen LogP contribution in [0.5, 0.6) is 0 Å². The second-order valence-electron chi connectivity index (χ2n) is 2.71. The summed E-state index contributed by atoms with van der Waals surface area (Å²) in [7, 11) is 0. The molecule has 0 fully saturated rings. The predicted molar refractivity (Wildman–Crippen MR) is 45.2 cm³/mol. The number of rotatable bonds is 1. The zero-order valence-corrected chi connectivity index (χ0v) is 7.07. The van der Waals surface area contributed by atoms with E-state index in [0.717, 1.165) is 0 Å². The minimum Gasteiger partial charge on any atom is -0.372 e. The van der Waals surface area contributed by atoms with Crippen molar-refractivity contribution in [1.82, 2.24) is 9.97 Å². The number of nitrogens with zero attached hydrogens (tertiary/aromatic N) is 2. The number of aromatic nitrogens is 2. The van der Waals surface area contributed by atoms with Crippen LogP contribution >= 0.6 is 0 Å². The monoisotopic (exact) mass is 162 g/mol. The fourth-order valence-corrected chi connectivity index (χ4v) is 0.801. The summed E-state index contributed by atoms with van der Waals surface area (Å²) in [5.41, 5.74) is -0.842. The Morgan fingerprint density at radius 2 is 2.33 bits per heavy atom. The third kappa shape index (κ3) is 1.60. The first-order valence-electron chi connectivity index (χ1n) is 3.56. The lowest BCUT2D eigenvalue weighted by Gasteiger charge is -2.14. The molecule has 3 heteroatoms. The number of terminal acetylenes is 1. The molecule has 0 bridgehead atoms. The fourth-order valence-electron chi connectivity index (χ4n) is 0.801. The number of hydrogen-bond donors (Lipinski definition) is 1. The summed E-state index contributed by atoms with van der Waals surface area (Å²) < 4.78 is 0. The van der Waals surface area contributed by atoms with Crippen LogP contribution in [0.15, 0.2) is 12.3 Å². The molecule has 62 valence electrons. The lowest BCUT2D eigenvalue weighted by atomic mass is 10.0. The van der Waals surface area contributed by atoms with E-state index in [-0.39, 0.29) is 0 Å². The molecule has 1 aromatic rings. The van der Waals surface area contributed by atoms with Crippen molar-refractivity contribution in [2.24, 2.45) is 0 Å². The van der Waals surface area contributed by atoms with Crippen molar-refractivity contribution in [1.29, 1.82) is 0 Å². The van der Waals surface area contributed by atoms with E-state index >= 15 is 0 Å². The van der Waals surface area contributed by atoms with Gasteiger partial charge in [-0.05, 0) is 19.9 Å². The van der Waals surface area contributed by atoms with Gasteiger partial charge in [-0.3, -0.25) is 0 Å². The van der Waals surface area contributed by atoms with Gasteiger partial charge >= 0.3 is 0 Å². The first-order valence-corrected chi connectivity index (χ1v) is 3.56. The third-order valence-corrected chi connectivity index (χ3v) is 1.56. The molecule has 1 N–H and O–H groups in total. The van der Waals surface area contributed by atoms with Crippen LogP contribution in [0.3, 0.4) is 0 Å². The van der Waals surface area contributed by atoms with Crippen LogP contribution in [-0.4, -0.2) is 15.1 Å². The van der Waals surface area contributed by atoms with Gasteiger partial charge in [0.25, 0.3) is 0 Å². The lowest BCUT2D eigenvalue weighted by Crippen LogP contribution is -2.20. The lowest BCUT2D eigenvalue weighted by molar-refractivity contribution is 0.117. The molecule has 0 amide bonds. The Morgan fingerprint density at radius 3 is 2.83 bits per heavy atom. The van der Waals surface area contributed by atoms with E-state index in [9.17, 15) is 5.11 Å². The zero-order chi connectivity index (χ0) is 9.19. The van der Waals surface area contributed by atoms with Crippen molar-refractivity contribution < 1.29 is 5.11 Å². The standard InChI is InChI=1S/C9H10N2O/c1-4-9(3,12)8-5-6-10-7(2)11-8/h1,5-6,12H,2-3H3/t9-/m1/s1. The van der Waals surface area contributed by atoms with Crippen LogP contribution in [0.2, 0.25) is 0 Å². The van der Waals surface area contributed by atoms with Gasteiger partial charge in [0.2, 0.25) is 0 Å². The van der Waals surface area contributed by atoms with Crippen LogP contribution < -0.4 is 0 Å². The zero-order valence-electron chi connectivity index (χ0n) is 7.07. The fraction of sp³-hybridized carbons (Fsp3) is 0.333. The minimum absolute atomic E-state index is 0.456. The minimum atomic E-state index is -1.30. The Kier molecular flexibility index (Phi) is 2.11. The Balaban J connectivity index is 3.14. The quantitative estimate of drug-likeness (QED) is 0.616. The van der Waals surface area contributed by atoms with Crippen molar-refractivity contribution >= 4 is 0 Å². The summed E-state index contributed by atoms with van der Waals surface area (Å²) in [5.74, 6) is 2.85. The van der Waals surface area contributed by atoms with Crippen LogP contribution in [0, 0.1) is 19.3 Å².